The van der Waals surface area contributed by atoms with Crippen molar-refractivity contribution < 1.29 is 22.1 Å². The molecule has 0 aliphatic carbocycles. The third kappa shape index (κ3) is 5.68. The highest BCUT2D eigenvalue weighted by Gasteiger charge is 2.13. The lowest BCUT2D eigenvalue weighted by molar-refractivity contribution is -0.114. The summed E-state index contributed by atoms with van der Waals surface area (Å²) in [6.07, 6.45) is 0.430. The van der Waals surface area contributed by atoms with E-state index in [4.69, 9.17) is 8.92 Å². The van der Waals surface area contributed by atoms with Crippen LogP contribution in [0.15, 0.2) is 59.5 Å². The summed E-state index contributed by atoms with van der Waals surface area (Å²) < 4.78 is 34.2. The van der Waals surface area contributed by atoms with Crippen molar-refractivity contribution in [2.24, 2.45) is 0 Å². The second-order valence-corrected chi connectivity index (χ2v) is 6.61. The van der Waals surface area contributed by atoms with E-state index in [1.807, 2.05) is 0 Å². The fraction of sp³-hybridized carbons (Fsp3) is 0.235. The fourth-order valence-corrected chi connectivity index (χ4v) is 2.87. The molecule has 7 heteroatoms. The van der Waals surface area contributed by atoms with Crippen LogP contribution in [0.25, 0.3) is 0 Å². The third-order valence-corrected chi connectivity index (χ3v) is 4.33. The van der Waals surface area contributed by atoms with E-state index in [1.165, 1.54) is 19.1 Å². The molecule has 2 aromatic carbocycles. The number of anilines is 1. The Kier molecular flexibility index (Phi) is 6.34. The van der Waals surface area contributed by atoms with Crippen LogP contribution in [0.2, 0.25) is 0 Å². The predicted octanol–water partition coefficient (Wildman–Crippen LogP) is 2.82. The highest BCUT2D eigenvalue weighted by atomic mass is 32.2. The average molecular weight is 349 g/mol. The van der Waals surface area contributed by atoms with Gasteiger partial charge in [0, 0.05) is 19.0 Å². The summed E-state index contributed by atoms with van der Waals surface area (Å²) in [4.78, 5) is 11.1. The SMILES string of the molecule is CC(=O)Nc1ccc(OCCCOS(=O)(=O)c2ccccc2)cc1. The lowest BCUT2D eigenvalue weighted by Gasteiger charge is -2.08. The summed E-state index contributed by atoms with van der Waals surface area (Å²) in [5.74, 6) is 0.496. The molecule has 0 bridgehead atoms. The van der Waals surface area contributed by atoms with Crippen LogP contribution in [0.4, 0.5) is 5.69 Å². The molecule has 0 fully saturated rings. The molecule has 1 N–H and O–H groups in total. The number of hydrogen-bond acceptors (Lipinski definition) is 5. The van der Waals surface area contributed by atoms with E-state index in [0.717, 1.165) is 0 Å². The van der Waals surface area contributed by atoms with Crippen molar-refractivity contribution in [2.45, 2.75) is 18.2 Å². The molecule has 0 spiro atoms. The Bertz CT molecular complexity index is 757. The largest absolute Gasteiger partial charge is 0.494 e. The van der Waals surface area contributed by atoms with Crippen molar-refractivity contribution in [1.82, 2.24) is 0 Å². The van der Waals surface area contributed by atoms with Gasteiger partial charge in [0.1, 0.15) is 5.75 Å². The Morgan fingerprint density at radius 1 is 1.00 bits per heavy atom. The zero-order valence-electron chi connectivity index (χ0n) is 13.3. The molecule has 1 amide bonds. The van der Waals surface area contributed by atoms with E-state index in [-0.39, 0.29) is 17.4 Å². The van der Waals surface area contributed by atoms with Gasteiger partial charge >= 0.3 is 0 Å². The van der Waals surface area contributed by atoms with Gasteiger partial charge in [0.15, 0.2) is 0 Å². The van der Waals surface area contributed by atoms with Crippen molar-refractivity contribution in [3.05, 3.63) is 54.6 Å². The molecule has 0 atom stereocenters. The molecule has 2 aromatic rings. The normalized spacial score (nSPS) is 11.0. The molecule has 6 nitrogen and oxygen atoms in total. The van der Waals surface area contributed by atoms with Gasteiger partial charge in [0.2, 0.25) is 5.91 Å². The van der Waals surface area contributed by atoms with Crippen LogP contribution in [-0.4, -0.2) is 27.5 Å². The van der Waals surface area contributed by atoms with Crippen LogP contribution in [0.1, 0.15) is 13.3 Å². The highest BCUT2D eigenvalue weighted by Crippen LogP contribution is 2.16. The molecule has 0 radical (unpaired) electrons. The van der Waals surface area contributed by atoms with E-state index in [2.05, 4.69) is 5.32 Å². The molecule has 0 saturated carbocycles. The van der Waals surface area contributed by atoms with Crippen LogP contribution in [-0.2, 0) is 19.1 Å². The molecular weight excluding hydrogens is 330 g/mol. The Labute approximate surface area is 141 Å². The predicted molar refractivity (Wildman–Crippen MR) is 90.4 cm³/mol. The van der Waals surface area contributed by atoms with E-state index in [9.17, 15) is 13.2 Å². The molecule has 2 rings (SSSR count). The van der Waals surface area contributed by atoms with Gasteiger partial charge in [0.25, 0.3) is 10.1 Å². The second-order valence-electron chi connectivity index (χ2n) is 5.00. The van der Waals surface area contributed by atoms with Crippen molar-refractivity contribution in [1.29, 1.82) is 0 Å². The molecule has 0 aromatic heterocycles. The Morgan fingerprint density at radius 3 is 2.29 bits per heavy atom. The first-order valence-electron chi connectivity index (χ1n) is 7.42. The molecule has 24 heavy (non-hydrogen) atoms. The lowest BCUT2D eigenvalue weighted by atomic mass is 10.3. The van der Waals surface area contributed by atoms with Crippen molar-refractivity contribution in [3.8, 4) is 5.75 Å². The molecule has 0 saturated heterocycles. The summed E-state index contributed by atoms with van der Waals surface area (Å²) in [6, 6.07) is 14.9. The first-order chi connectivity index (χ1) is 11.5. The van der Waals surface area contributed by atoms with E-state index < -0.39 is 10.1 Å². The zero-order valence-corrected chi connectivity index (χ0v) is 14.1. The number of amides is 1. The monoisotopic (exact) mass is 349 g/mol. The molecule has 0 aliphatic heterocycles. The van der Waals surface area contributed by atoms with Gasteiger partial charge in [0.05, 0.1) is 18.1 Å². The molecule has 0 aliphatic rings. The van der Waals surface area contributed by atoms with E-state index >= 15 is 0 Å². The topological polar surface area (TPSA) is 81.7 Å². The highest BCUT2D eigenvalue weighted by molar-refractivity contribution is 7.86. The van der Waals surface area contributed by atoms with Gasteiger partial charge in [-0.05, 0) is 36.4 Å². The fourth-order valence-electron chi connectivity index (χ4n) is 1.91. The first kappa shape index (κ1) is 18.0. The lowest BCUT2D eigenvalue weighted by Crippen LogP contribution is -2.10. The second kappa shape index (κ2) is 8.47. The third-order valence-electron chi connectivity index (χ3n) is 3.00. The Morgan fingerprint density at radius 2 is 1.67 bits per heavy atom. The quantitative estimate of drug-likeness (QED) is 0.585. The maximum absolute atomic E-state index is 11.9. The van der Waals surface area contributed by atoms with Crippen molar-refractivity contribution in [3.63, 3.8) is 0 Å². The summed E-state index contributed by atoms with van der Waals surface area (Å²) >= 11 is 0. The summed E-state index contributed by atoms with van der Waals surface area (Å²) in [5, 5.41) is 2.66. The van der Waals surface area contributed by atoms with Gasteiger partial charge in [-0.3, -0.25) is 8.98 Å². The minimum Gasteiger partial charge on any atom is -0.494 e. The van der Waals surface area contributed by atoms with Gasteiger partial charge in [-0.2, -0.15) is 8.42 Å². The van der Waals surface area contributed by atoms with Crippen LogP contribution in [0, 0.1) is 0 Å². The van der Waals surface area contributed by atoms with Gasteiger partial charge in [-0.1, -0.05) is 18.2 Å². The number of ether oxygens (including phenoxy) is 1. The van der Waals surface area contributed by atoms with Gasteiger partial charge in [-0.15, -0.1) is 0 Å². The van der Waals surface area contributed by atoms with Gasteiger partial charge < -0.3 is 10.1 Å². The van der Waals surface area contributed by atoms with Crippen LogP contribution in [0.3, 0.4) is 0 Å². The number of hydrogen-bond donors (Lipinski definition) is 1. The molecule has 0 heterocycles. The molecule has 128 valence electrons. The zero-order chi connectivity index (χ0) is 17.4. The number of carbonyl (C=O) groups excluding carboxylic acids is 1. The van der Waals surface area contributed by atoms with E-state index in [1.54, 1.807) is 42.5 Å². The minimum absolute atomic E-state index is 0.0429. The molecule has 0 unspecified atom stereocenters. The molecular formula is C17H19NO5S. The Hall–Kier alpha value is -2.38. The van der Waals surface area contributed by atoms with Crippen molar-refractivity contribution >= 4 is 21.7 Å². The van der Waals surface area contributed by atoms with E-state index in [0.29, 0.717) is 24.5 Å². The minimum atomic E-state index is -3.72. The van der Waals surface area contributed by atoms with Gasteiger partial charge in [-0.25, -0.2) is 0 Å². The van der Waals surface area contributed by atoms with Crippen LogP contribution >= 0.6 is 0 Å². The first-order valence-corrected chi connectivity index (χ1v) is 8.83. The average Bonchev–Trinajstić information content (AvgIpc) is 2.56. The summed E-state index contributed by atoms with van der Waals surface area (Å²) in [6.45, 7) is 1.80. The summed E-state index contributed by atoms with van der Waals surface area (Å²) in [7, 11) is -3.72. The number of benzene rings is 2. The number of carbonyl (C=O) groups is 1. The smallest absolute Gasteiger partial charge is 0.296 e. The number of rotatable bonds is 8. The van der Waals surface area contributed by atoms with Crippen LogP contribution in [0.5, 0.6) is 5.75 Å². The van der Waals surface area contributed by atoms with Crippen LogP contribution < -0.4 is 10.1 Å². The Balaban J connectivity index is 1.72. The maximum atomic E-state index is 11.9. The standard InChI is InChI=1S/C17H19NO5S/c1-14(19)18-15-8-10-16(11-9-15)22-12-5-13-23-24(20,21)17-6-3-2-4-7-17/h2-4,6-11H,5,12-13H2,1H3,(H,18,19). The number of nitrogens with one attached hydrogen (secondary N) is 1. The maximum Gasteiger partial charge on any atom is 0.296 e. The summed E-state index contributed by atoms with van der Waals surface area (Å²) in [5.41, 5.74) is 0.687. The van der Waals surface area contributed by atoms with Crippen molar-refractivity contribution in [2.75, 3.05) is 18.5 Å².